The topological polar surface area (TPSA) is 85.4 Å². The van der Waals surface area contributed by atoms with E-state index in [1.165, 1.54) is 36.3 Å². The summed E-state index contributed by atoms with van der Waals surface area (Å²) in [7, 11) is -2.31. The number of hydrogen-bond donors (Lipinski definition) is 1. The molecule has 1 heterocycles. The minimum Gasteiger partial charge on any atom is -0.383 e. The van der Waals surface area contributed by atoms with Crippen LogP contribution >= 0.6 is 11.3 Å². The molecular weight excluding hydrogens is 252 g/mol. The Balaban J connectivity index is 2.70. The zero-order chi connectivity index (χ0) is 12.2. The molecule has 0 spiro atoms. The first kappa shape index (κ1) is 13.1. The summed E-state index contributed by atoms with van der Waals surface area (Å²) in [5.41, 5.74) is 1.55. The van der Waals surface area contributed by atoms with E-state index in [2.05, 4.69) is 4.98 Å². The quantitative estimate of drug-likeness (QED) is 0.823. The van der Waals surface area contributed by atoms with Crippen LogP contribution in [0.1, 0.15) is 17.4 Å². The third-order valence-electron chi connectivity index (χ3n) is 1.83. The molecule has 1 unspecified atom stereocenters. The highest BCUT2D eigenvalue weighted by molar-refractivity contribution is 7.90. The number of nitrogens with zero attached hydrogens (tertiary/aromatic N) is 1. The molecule has 0 bridgehead atoms. The Morgan fingerprint density at radius 3 is 2.88 bits per heavy atom. The molecule has 0 saturated carbocycles. The lowest BCUT2D eigenvalue weighted by molar-refractivity contribution is 0.0976. The number of carbonyl (C=O) groups is 1. The highest BCUT2D eigenvalue weighted by Crippen LogP contribution is 2.04. The van der Waals surface area contributed by atoms with Gasteiger partial charge in [0.2, 0.25) is 10.0 Å². The van der Waals surface area contributed by atoms with Gasteiger partial charge in [-0.2, -0.15) is 0 Å². The van der Waals surface area contributed by atoms with Crippen molar-refractivity contribution in [1.29, 1.82) is 0 Å². The Morgan fingerprint density at radius 2 is 2.38 bits per heavy atom. The highest BCUT2D eigenvalue weighted by Gasteiger charge is 2.24. The fourth-order valence-corrected chi connectivity index (χ4v) is 2.34. The number of sulfonamides is 1. The van der Waals surface area contributed by atoms with Gasteiger partial charge < -0.3 is 4.74 Å². The van der Waals surface area contributed by atoms with E-state index in [0.717, 1.165) is 0 Å². The van der Waals surface area contributed by atoms with Gasteiger partial charge in [0.05, 0.1) is 12.1 Å². The third-order valence-corrected chi connectivity index (χ3v) is 4.08. The van der Waals surface area contributed by atoms with E-state index in [4.69, 9.17) is 4.74 Å². The molecule has 1 atom stereocenters. The summed E-state index contributed by atoms with van der Waals surface area (Å²) in [6.07, 6.45) is 0. The molecule has 0 aliphatic heterocycles. The molecule has 0 aromatic carbocycles. The van der Waals surface area contributed by atoms with Crippen molar-refractivity contribution < 1.29 is 17.9 Å². The number of thiazole rings is 1. The first-order valence-electron chi connectivity index (χ1n) is 4.40. The molecule has 1 amide bonds. The van der Waals surface area contributed by atoms with Gasteiger partial charge in [0.15, 0.2) is 0 Å². The fourth-order valence-electron chi connectivity index (χ4n) is 0.931. The molecule has 1 rings (SSSR count). The van der Waals surface area contributed by atoms with Crippen molar-refractivity contribution in [1.82, 2.24) is 9.71 Å². The van der Waals surface area contributed by atoms with Crippen molar-refractivity contribution >= 4 is 27.3 Å². The molecule has 90 valence electrons. The van der Waals surface area contributed by atoms with E-state index < -0.39 is 21.2 Å². The van der Waals surface area contributed by atoms with Gasteiger partial charge in [0.25, 0.3) is 5.91 Å². The van der Waals surface area contributed by atoms with Crippen molar-refractivity contribution in [3.63, 3.8) is 0 Å². The maximum atomic E-state index is 11.6. The van der Waals surface area contributed by atoms with Gasteiger partial charge in [0, 0.05) is 12.5 Å². The number of aromatic nitrogens is 1. The normalized spacial score (nSPS) is 13.4. The van der Waals surface area contributed by atoms with Crippen LogP contribution < -0.4 is 4.72 Å². The Morgan fingerprint density at radius 1 is 1.69 bits per heavy atom. The Kier molecular flexibility index (Phi) is 4.39. The van der Waals surface area contributed by atoms with E-state index in [0.29, 0.717) is 0 Å². The highest BCUT2D eigenvalue weighted by atomic mass is 32.2. The molecule has 0 saturated heterocycles. The zero-order valence-electron chi connectivity index (χ0n) is 8.84. The Bertz CT molecular complexity index is 441. The fraction of sp³-hybridized carbons (Fsp3) is 0.500. The van der Waals surface area contributed by atoms with E-state index >= 15 is 0 Å². The molecule has 1 N–H and O–H groups in total. The molecule has 0 fully saturated rings. The molecule has 0 radical (unpaired) electrons. The van der Waals surface area contributed by atoms with E-state index in [1.54, 1.807) is 0 Å². The average molecular weight is 264 g/mol. The molecule has 16 heavy (non-hydrogen) atoms. The molecule has 8 heteroatoms. The monoisotopic (exact) mass is 264 g/mol. The summed E-state index contributed by atoms with van der Waals surface area (Å²) < 4.78 is 29.8. The van der Waals surface area contributed by atoms with Crippen LogP contribution in [0.5, 0.6) is 0 Å². The van der Waals surface area contributed by atoms with Crippen LogP contribution in [0.3, 0.4) is 0 Å². The number of amides is 1. The predicted octanol–water partition coefficient (Wildman–Crippen LogP) is 0.238. The van der Waals surface area contributed by atoms with Gasteiger partial charge in [-0.25, -0.2) is 18.1 Å². The average Bonchev–Trinajstić information content (AvgIpc) is 2.70. The zero-order valence-corrected chi connectivity index (χ0v) is 10.5. The van der Waals surface area contributed by atoms with Gasteiger partial charge in [-0.05, 0) is 6.92 Å². The van der Waals surface area contributed by atoms with Crippen molar-refractivity contribution in [2.75, 3.05) is 13.7 Å². The lowest BCUT2D eigenvalue weighted by atomic mass is 10.5. The summed E-state index contributed by atoms with van der Waals surface area (Å²) in [6, 6.07) is 0. The number of rotatable bonds is 5. The number of carbonyl (C=O) groups excluding carboxylic acids is 1. The third kappa shape index (κ3) is 3.26. The maximum Gasteiger partial charge on any atom is 0.284 e. The predicted molar refractivity (Wildman–Crippen MR) is 59.8 cm³/mol. The molecule has 1 aromatic heterocycles. The number of nitrogens with one attached hydrogen (secondary N) is 1. The maximum absolute atomic E-state index is 11.6. The van der Waals surface area contributed by atoms with Gasteiger partial charge in [-0.1, -0.05) is 0 Å². The lowest BCUT2D eigenvalue weighted by Crippen LogP contribution is -2.39. The number of methoxy groups -OCH3 is 1. The van der Waals surface area contributed by atoms with Crippen LogP contribution in [0.4, 0.5) is 0 Å². The van der Waals surface area contributed by atoms with Crippen molar-refractivity contribution in [3.05, 3.63) is 16.6 Å². The summed E-state index contributed by atoms with van der Waals surface area (Å²) in [5, 5.41) is 0.686. The Hall–Kier alpha value is -0.990. The van der Waals surface area contributed by atoms with Gasteiger partial charge in [0.1, 0.15) is 10.9 Å². The molecule has 6 nitrogen and oxygen atoms in total. The summed E-state index contributed by atoms with van der Waals surface area (Å²) in [4.78, 5) is 15.2. The van der Waals surface area contributed by atoms with Crippen LogP contribution in [0.15, 0.2) is 10.9 Å². The second-order valence-corrected chi connectivity index (χ2v) is 5.93. The van der Waals surface area contributed by atoms with Gasteiger partial charge >= 0.3 is 0 Å². The van der Waals surface area contributed by atoms with E-state index in [1.807, 2.05) is 4.72 Å². The second-order valence-electron chi connectivity index (χ2n) is 3.12. The van der Waals surface area contributed by atoms with Crippen LogP contribution in [-0.2, 0) is 14.8 Å². The summed E-state index contributed by atoms with van der Waals surface area (Å²) in [5.74, 6) is -0.718. The van der Waals surface area contributed by atoms with Crippen LogP contribution in [0.25, 0.3) is 0 Å². The van der Waals surface area contributed by atoms with Crippen LogP contribution in [-0.4, -0.2) is 38.3 Å². The van der Waals surface area contributed by atoms with Gasteiger partial charge in [-0.15, -0.1) is 11.3 Å². The van der Waals surface area contributed by atoms with Crippen molar-refractivity contribution in [2.45, 2.75) is 12.2 Å². The summed E-state index contributed by atoms with van der Waals surface area (Å²) in [6.45, 7) is 1.49. The van der Waals surface area contributed by atoms with Gasteiger partial charge in [-0.3, -0.25) is 4.79 Å². The molecule has 0 aliphatic rings. The van der Waals surface area contributed by atoms with Crippen molar-refractivity contribution in [3.8, 4) is 0 Å². The smallest absolute Gasteiger partial charge is 0.284 e. The SMILES string of the molecule is COCC(C)S(=O)(=O)NC(=O)c1cscn1. The van der Waals surface area contributed by atoms with E-state index in [9.17, 15) is 13.2 Å². The largest absolute Gasteiger partial charge is 0.383 e. The first-order chi connectivity index (χ1) is 7.47. The summed E-state index contributed by atoms with van der Waals surface area (Å²) >= 11 is 1.22. The number of ether oxygens (including phenoxy) is 1. The van der Waals surface area contributed by atoms with Crippen LogP contribution in [0, 0.1) is 0 Å². The molecule has 1 aromatic rings. The number of hydrogen-bond acceptors (Lipinski definition) is 6. The lowest BCUT2D eigenvalue weighted by Gasteiger charge is -2.11. The minimum atomic E-state index is -3.71. The minimum absolute atomic E-state index is 0.0275. The molecular formula is C8H12N2O4S2. The van der Waals surface area contributed by atoms with Crippen LogP contribution in [0.2, 0.25) is 0 Å². The molecule has 0 aliphatic carbocycles. The second kappa shape index (κ2) is 5.37. The standard InChI is InChI=1S/C8H12N2O4S2/c1-6(3-14-2)16(12,13)10-8(11)7-4-15-5-9-7/h4-6H,3H2,1-2H3,(H,10,11). The van der Waals surface area contributed by atoms with E-state index in [-0.39, 0.29) is 12.3 Å². The Labute approximate surface area is 97.7 Å². The first-order valence-corrected chi connectivity index (χ1v) is 6.89. The van der Waals surface area contributed by atoms with Crippen molar-refractivity contribution in [2.24, 2.45) is 0 Å².